The Bertz CT molecular complexity index is 967. The lowest BCUT2D eigenvalue weighted by Crippen LogP contribution is -2.22. The lowest BCUT2D eigenvalue weighted by atomic mass is 9.78. The first-order chi connectivity index (χ1) is 16.8. The van der Waals surface area contributed by atoms with E-state index in [-0.39, 0.29) is 5.92 Å². The molecule has 0 aliphatic heterocycles. The second-order valence-corrected chi connectivity index (χ2v) is 10.7. The van der Waals surface area contributed by atoms with Crippen LogP contribution in [-0.2, 0) is 10.8 Å². The Kier molecular flexibility index (Phi) is 8.42. The maximum Gasteiger partial charge on any atom is 0.386 e. The van der Waals surface area contributed by atoms with Gasteiger partial charge in [0.15, 0.2) is 0 Å². The summed E-state index contributed by atoms with van der Waals surface area (Å²) < 4.78 is 49.9. The van der Waals surface area contributed by atoms with Gasteiger partial charge in [0.25, 0.3) is 0 Å². The highest BCUT2D eigenvalue weighted by atomic mass is 19.3. The number of allylic oxidation sites excluding steroid dienone is 1. The van der Waals surface area contributed by atoms with E-state index in [1.165, 1.54) is 49.8 Å². The molecule has 0 spiro atoms. The lowest BCUT2D eigenvalue weighted by Gasteiger charge is -2.28. The maximum atomic E-state index is 15.0. The van der Waals surface area contributed by atoms with E-state index in [1.54, 1.807) is 13.0 Å². The van der Waals surface area contributed by atoms with E-state index >= 15 is 0 Å². The topological polar surface area (TPSA) is 9.23 Å². The van der Waals surface area contributed by atoms with Gasteiger partial charge in [-0.2, -0.15) is 8.78 Å². The molecule has 1 nitrogen and oxygen atoms in total. The van der Waals surface area contributed by atoms with E-state index in [0.29, 0.717) is 17.4 Å². The molecule has 2 aromatic carbocycles. The summed E-state index contributed by atoms with van der Waals surface area (Å²) in [5, 5.41) is 0. The van der Waals surface area contributed by atoms with Crippen LogP contribution in [0.3, 0.4) is 0 Å². The number of hydrogen-bond donors (Lipinski definition) is 0. The van der Waals surface area contributed by atoms with Gasteiger partial charge in [-0.25, -0.2) is 4.39 Å². The molecule has 0 N–H and O–H groups in total. The SMILES string of the molecule is C=CC1CCC(c2ccc(C(F)(F)OC(C)c3ccc(C4CCC(CC)CC4)cc3)c(F)c2)CC1. The molecule has 2 aromatic rings. The van der Waals surface area contributed by atoms with Crippen LogP contribution in [0, 0.1) is 17.7 Å². The van der Waals surface area contributed by atoms with E-state index in [1.807, 2.05) is 30.3 Å². The molecule has 0 bridgehead atoms. The number of rotatable bonds is 8. The zero-order chi connectivity index (χ0) is 25.0. The summed E-state index contributed by atoms with van der Waals surface area (Å²) in [6.45, 7) is 7.71. The first kappa shape index (κ1) is 26.0. The Balaban J connectivity index is 1.39. The Morgan fingerprint density at radius 1 is 0.914 bits per heavy atom. The molecule has 35 heavy (non-hydrogen) atoms. The molecule has 0 aromatic heterocycles. The van der Waals surface area contributed by atoms with Gasteiger partial charge in [0, 0.05) is 0 Å². The van der Waals surface area contributed by atoms with Gasteiger partial charge in [0.2, 0.25) is 0 Å². The van der Waals surface area contributed by atoms with Crippen LogP contribution >= 0.6 is 0 Å². The van der Waals surface area contributed by atoms with Gasteiger partial charge in [-0.15, -0.1) is 6.58 Å². The van der Waals surface area contributed by atoms with E-state index < -0.39 is 23.6 Å². The number of hydrogen-bond acceptors (Lipinski definition) is 1. The Morgan fingerprint density at radius 2 is 1.49 bits per heavy atom. The first-order valence-corrected chi connectivity index (χ1v) is 13.4. The standard InChI is InChI=1S/C31H39F3O/c1-4-22-6-10-25(11-7-22)26-16-14-24(15-17-26)21(3)35-31(33,34)29-19-18-28(20-30(29)32)27-12-8-23(5-2)9-13-27/h5,14-23,25,27H,2,4,6-13H2,1,3H3. The molecular formula is C31H39F3O. The number of halogens is 3. The fourth-order valence-corrected chi connectivity index (χ4v) is 6.01. The Morgan fingerprint density at radius 3 is 2.06 bits per heavy atom. The normalized spacial score (nSPS) is 26.3. The predicted molar refractivity (Wildman–Crippen MR) is 136 cm³/mol. The fraction of sp³-hybridized carbons (Fsp3) is 0.548. The van der Waals surface area contributed by atoms with Crippen LogP contribution in [0.15, 0.2) is 55.1 Å². The molecule has 0 amide bonds. The van der Waals surface area contributed by atoms with Crippen molar-refractivity contribution in [1.82, 2.24) is 0 Å². The summed E-state index contributed by atoms with van der Waals surface area (Å²) in [6.07, 6.45) is 7.41. The molecular weight excluding hydrogens is 445 g/mol. The lowest BCUT2D eigenvalue weighted by molar-refractivity contribution is -0.273. The summed E-state index contributed by atoms with van der Waals surface area (Å²) in [5.74, 6) is 1.19. The average molecular weight is 485 g/mol. The third-order valence-electron chi connectivity index (χ3n) is 8.51. The van der Waals surface area contributed by atoms with Crippen LogP contribution < -0.4 is 0 Å². The second-order valence-electron chi connectivity index (χ2n) is 10.7. The van der Waals surface area contributed by atoms with Crippen LogP contribution in [0.25, 0.3) is 0 Å². The Hall–Kier alpha value is -2.07. The van der Waals surface area contributed by atoms with Crippen LogP contribution in [0.2, 0.25) is 0 Å². The minimum atomic E-state index is -3.71. The van der Waals surface area contributed by atoms with Gasteiger partial charge in [-0.05, 0) is 111 Å². The monoisotopic (exact) mass is 484 g/mol. The molecule has 2 saturated carbocycles. The van der Waals surface area contributed by atoms with Crippen molar-refractivity contribution >= 4 is 0 Å². The van der Waals surface area contributed by atoms with Crippen molar-refractivity contribution in [2.45, 2.75) is 95.7 Å². The van der Waals surface area contributed by atoms with Crippen molar-refractivity contribution in [2.75, 3.05) is 0 Å². The number of benzene rings is 2. The molecule has 2 aliphatic carbocycles. The summed E-state index contributed by atoms with van der Waals surface area (Å²) in [7, 11) is 0. The molecule has 0 saturated heterocycles. The summed E-state index contributed by atoms with van der Waals surface area (Å²) in [4.78, 5) is 0. The van der Waals surface area contributed by atoms with Crippen molar-refractivity contribution < 1.29 is 17.9 Å². The van der Waals surface area contributed by atoms with E-state index in [0.717, 1.165) is 37.2 Å². The molecule has 4 heteroatoms. The van der Waals surface area contributed by atoms with Crippen molar-refractivity contribution in [3.63, 3.8) is 0 Å². The van der Waals surface area contributed by atoms with Crippen molar-refractivity contribution in [3.05, 3.63) is 83.2 Å². The molecule has 1 unspecified atom stereocenters. The van der Waals surface area contributed by atoms with Crippen molar-refractivity contribution in [2.24, 2.45) is 11.8 Å². The van der Waals surface area contributed by atoms with Gasteiger partial charge >= 0.3 is 6.11 Å². The zero-order valence-corrected chi connectivity index (χ0v) is 21.1. The van der Waals surface area contributed by atoms with Crippen molar-refractivity contribution in [3.8, 4) is 0 Å². The molecule has 2 aliphatic rings. The zero-order valence-electron chi connectivity index (χ0n) is 21.1. The van der Waals surface area contributed by atoms with Crippen molar-refractivity contribution in [1.29, 1.82) is 0 Å². The van der Waals surface area contributed by atoms with Gasteiger partial charge in [0.1, 0.15) is 5.82 Å². The van der Waals surface area contributed by atoms with Crippen LogP contribution in [0.4, 0.5) is 13.2 Å². The predicted octanol–water partition coefficient (Wildman–Crippen LogP) is 9.80. The quantitative estimate of drug-likeness (QED) is 0.339. The molecule has 4 rings (SSSR count). The van der Waals surface area contributed by atoms with Gasteiger partial charge in [0.05, 0.1) is 11.7 Å². The van der Waals surface area contributed by atoms with Gasteiger partial charge in [-0.3, -0.25) is 0 Å². The van der Waals surface area contributed by atoms with Crippen LogP contribution in [0.5, 0.6) is 0 Å². The minimum absolute atomic E-state index is 0.207. The second kappa shape index (κ2) is 11.3. The third-order valence-corrected chi connectivity index (χ3v) is 8.51. The fourth-order valence-electron chi connectivity index (χ4n) is 6.01. The summed E-state index contributed by atoms with van der Waals surface area (Å²) in [6, 6.07) is 12.0. The summed E-state index contributed by atoms with van der Waals surface area (Å²) in [5.41, 5.74) is 2.04. The molecule has 1 atom stereocenters. The van der Waals surface area contributed by atoms with Crippen LogP contribution in [-0.4, -0.2) is 0 Å². The van der Waals surface area contributed by atoms with E-state index in [4.69, 9.17) is 4.74 Å². The maximum absolute atomic E-state index is 15.0. The minimum Gasteiger partial charge on any atom is -0.309 e. The molecule has 0 radical (unpaired) electrons. The number of alkyl halides is 2. The Labute approximate surface area is 208 Å². The average Bonchev–Trinajstić information content (AvgIpc) is 2.88. The number of ether oxygens (including phenoxy) is 1. The van der Waals surface area contributed by atoms with Gasteiger partial charge in [-0.1, -0.05) is 49.8 Å². The van der Waals surface area contributed by atoms with Crippen LogP contribution in [0.1, 0.15) is 112 Å². The molecule has 2 fully saturated rings. The highest BCUT2D eigenvalue weighted by Crippen LogP contribution is 2.41. The highest BCUT2D eigenvalue weighted by Gasteiger charge is 2.38. The largest absolute Gasteiger partial charge is 0.386 e. The molecule has 190 valence electrons. The highest BCUT2D eigenvalue weighted by molar-refractivity contribution is 5.30. The van der Waals surface area contributed by atoms with E-state index in [9.17, 15) is 13.2 Å². The third kappa shape index (κ3) is 6.20. The van der Waals surface area contributed by atoms with Gasteiger partial charge < -0.3 is 4.74 Å². The first-order valence-electron chi connectivity index (χ1n) is 13.4. The van der Waals surface area contributed by atoms with E-state index in [2.05, 4.69) is 13.5 Å². The summed E-state index contributed by atoms with van der Waals surface area (Å²) >= 11 is 0. The smallest absolute Gasteiger partial charge is 0.309 e. The molecule has 0 heterocycles.